The number of anilines is 1. The summed E-state index contributed by atoms with van der Waals surface area (Å²) in [5.74, 6) is -1.05. The van der Waals surface area contributed by atoms with Crippen LogP contribution >= 0.6 is 23.2 Å². The summed E-state index contributed by atoms with van der Waals surface area (Å²) in [6.07, 6.45) is 0.0245. The number of amides is 3. The van der Waals surface area contributed by atoms with Gasteiger partial charge in [-0.1, -0.05) is 71.7 Å². The quantitative estimate of drug-likeness (QED) is 0.485. The highest BCUT2D eigenvalue weighted by Gasteiger charge is 2.44. The number of imide groups is 1. The molecule has 32 heavy (non-hydrogen) atoms. The highest BCUT2D eigenvalue weighted by molar-refractivity contribution is 6.31. The largest absolute Gasteiger partial charge is 0.325 e. The lowest BCUT2D eigenvalue weighted by molar-refractivity contribution is -0.138. The van der Waals surface area contributed by atoms with E-state index < -0.39 is 11.9 Å². The Kier molecular flexibility index (Phi) is 6.58. The standard InChI is InChI=1S/C25H20Cl2N2O3/c26-19-10-12-20(13-11-19)29-24(31)15-22(25(29)32)28(16-18-8-4-5-9-21(18)27)23(30)14-17-6-2-1-3-7-17/h1-13,22H,14-16H2. The van der Waals surface area contributed by atoms with Crippen LogP contribution in [0.2, 0.25) is 10.0 Å². The maximum Gasteiger partial charge on any atom is 0.257 e. The van der Waals surface area contributed by atoms with E-state index >= 15 is 0 Å². The van der Waals surface area contributed by atoms with Crippen LogP contribution in [0.1, 0.15) is 17.5 Å². The summed E-state index contributed by atoms with van der Waals surface area (Å²) in [5.41, 5.74) is 1.97. The molecule has 0 aromatic heterocycles. The van der Waals surface area contributed by atoms with Gasteiger partial charge in [-0.25, -0.2) is 4.90 Å². The van der Waals surface area contributed by atoms with E-state index in [1.165, 1.54) is 4.90 Å². The van der Waals surface area contributed by atoms with Crippen molar-refractivity contribution in [3.63, 3.8) is 0 Å². The summed E-state index contributed by atoms with van der Waals surface area (Å²) in [7, 11) is 0. The molecule has 3 aromatic rings. The molecule has 1 aliphatic heterocycles. The molecule has 3 amide bonds. The lowest BCUT2D eigenvalue weighted by atomic mass is 10.1. The fourth-order valence-electron chi connectivity index (χ4n) is 3.78. The van der Waals surface area contributed by atoms with Gasteiger partial charge in [0.1, 0.15) is 6.04 Å². The van der Waals surface area contributed by atoms with Gasteiger partial charge in [-0.15, -0.1) is 0 Å². The zero-order valence-electron chi connectivity index (χ0n) is 17.1. The van der Waals surface area contributed by atoms with Crippen LogP contribution in [0.25, 0.3) is 0 Å². The van der Waals surface area contributed by atoms with Crippen molar-refractivity contribution in [1.29, 1.82) is 0 Å². The molecule has 0 bridgehead atoms. The number of hydrogen-bond acceptors (Lipinski definition) is 3. The topological polar surface area (TPSA) is 57.7 Å². The summed E-state index contributed by atoms with van der Waals surface area (Å²) in [6, 6.07) is 22.0. The molecule has 3 aromatic carbocycles. The molecular weight excluding hydrogens is 447 g/mol. The average molecular weight is 467 g/mol. The van der Waals surface area contributed by atoms with Crippen molar-refractivity contribution in [3.05, 3.63) is 100 Å². The summed E-state index contributed by atoms with van der Waals surface area (Å²) in [5, 5.41) is 0.999. The van der Waals surface area contributed by atoms with Crippen LogP contribution in [-0.4, -0.2) is 28.7 Å². The average Bonchev–Trinajstić information content (AvgIpc) is 3.08. The maximum atomic E-state index is 13.3. The van der Waals surface area contributed by atoms with Gasteiger partial charge in [-0.05, 0) is 41.5 Å². The normalized spacial score (nSPS) is 15.8. The van der Waals surface area contributed by atoms with E-state index in [1.54, 1.807) is 36.4 Å². The Labute approximate surface area is 196 Å². The van der Waals surface area contributed by atoms with Crippen LogP contribution in [0, 0.1) is 0 Å². The van der Waals surface area contributed by atoms with Gasteiger partial charge in [-0.2, -0.15) is 0 Å². The van der Waals surface area contributed by atoms with E-state index in [4.69, 9.17) is 23.2 Å². The minimum atomic E-state index is -0.911. The Morgan fingerprint density at radius 3 is 2.25 bits per heavy atom. The Balaban J connectivity index is 1.65. The van der Waals surface area contributed by atoms with Crippen molar-refractivity contribution >= 4 is 46.6 Å². The Morgan fingerprint density at radius 2 is 1.56 bits per heavy atom. The molecule has 4 rings (SSSR count). The number of benzene rings is 3. The van der Waals surface area contributed by atoms with Gasteiger partial charge in [0.25, 0.3) is 5.91 Å². The molecule has 0 saturated carbocycles. The van der Waals surface area contributed by atoms with Gasteiger partial charge >= 0.3 is 0 Å². The van der Waals surface area contributed by atoms with E-state index in [9.17, 15) is 14.4 Å². The highest BCUT2D eigenvalue weighted by atomic mass is 35.5. The molecule has 1 heterocycles. The first-order chi connectivity index (χ1) is 15.4. The third-order valence-corrected chi connectivity index (χ3v) is 6.02. The first kappa shape index (κ1) is 22.1. The van der Waals surface area contributed by atoms with E-state index in [0.29, 0.717) is 21.3 Å². The molecule has 0 N–H and O–H groups in total. The molecule has 1 atom stereocenters. The Hall–Kier alpha value is -3.15. The van der Waals surface area contributed by atoms with Crippen molar-refractivity contribution in [2.24, 2.45) is 0 Å². The smallest absolute Gasteiger partial charge is 0.257 e. The van der Waals surface area contributed by atoms with Gasteiger partial charge in [0.05, 0.1) is 18.5 Å². The second kappa shape index (κ2) is 9.55. The van der Waals surface area contributed by atoms with Crippen LogP contribution in [0.5, 0.6) is 0 Å². The number of carbonyl (C=O) groups excluding carboxylic acids is 3. The molecule has 5 nitrogen and oxygen atoms in total. The van der Waals surface area contributed by atoms with Gasteiger partial charge in [0.2, 0.25) is 11.8 Å². The molecule has 7 heteroatoms. The third kappa shape index (κ3) is 4.69. The predicted molar refractivity (Wildman–Crippen MR) is 124 cm³/mol. The van der Waals surface area contributed by atoms with Crippen LogP contribution in [0.3, 0.4) is 0 Å². The molecule has 1 saturated heterocycles. The van der Waals surface area contributed by atoms with Crippen LogP contribution in [0.15, 0.2) is 78.9 Å². The lowest BCUT2D eigenvalue weighted by Gasteiger charge is -2.28. The summed E-state index contributed by atoms with van der Waals surface area (Å²) >= 11 is 12.3. The number of nitrogens with zero attached hydrogens (tertiary/aromatic N) is 2. The zero-order chi connectivity index (χ0) is 22.7. The highest BCUT2D eigenvalue weighted by Crippen LogP contribution is 2.29. The molecule has 162 valence electrons. The molecule has 0 radical (unpaired) electrons. The van der Waals surface area contributed by atoms with E-state index in [-0.39, 0.29) is 31.2 Å². The van der Waals surface area contributed by atoms with Crippen molar-refractivity contribution in [3.8, 4) is 0 Å². The first-order valence-electron chi connectivity index (χ1n) is 10.1. The van der Waals surface area contributed by atoms with Crippen molar-refractivity contribution in [2.45, 2.75) is 25.4 Å². The van der Waals surface area contributed by atoms with Gasteiger partial charge in [-0.3, -0.25) is 14.4 Å². The maximum absolute atomic E-state index is 13.3. The van der Waals surface area contributed by atoms with Crippen LogP contribution < -0.4 is 4.90 Å². The van der Waals surface area contributed by atoms with Gasteiger partial charge in [0.15, 0.2) is 0 Å². The molecule has 1 aliphatic rings. The molecule has 0 spiro atoms. The number of rotatable bonds is 6. The third-order valence-electron chi connectivity index (χ3n) is 5.40. The van der Waals surface area contributed by atoms with E-state index in [2.05, 4.69) is 0 Å². The van der Waals surface area contributed by atoms with Crippen molar-refractivity contribution < 1.29 is 14.4 Å². The van der Waals surface area contributed by atoms with Crippen LogP contribution in [-0.2, 0) is 27.3 Å². The molecule has 1 fully saturated rings. The summed E-state index contributed by atoms with van der Waals surface area (Å²) in [6.45, 7) is 0.128. The van der Waals surface area contributed by atoms with E-state index in [1.807, 2.05) is 42.5 Å². The minimum absolute atomic E-state index is 0.0908. The Morgan fingerprint density at radius 1 is 0.906 bits per heavy atom. The van der Waals surface area contributed by atoms with Crippen LogP contribution in [0.4, 0.5) is 5.69 Å². The summed E-state index contributed by atoms with van der Waals surface area (Å²) < 4.78 is 0. The second-order valence-electron chi connectivity index (χ2n) is 7.54. The SMILES string of the molecule is O=C1CC(N(Cc2ccccc2Cl)C(=O)Cc2ccccc2)C(=O)N1c1ccc(Cl)cc1. The molecule has 0 aliphatic carbocycles. The monoisotopic (exact) mass is 466 g/mol. The first-order valence-corrected chi connectivity index (χ1v) is 10.9. The van der Waals surface area contributed by atoms with Gasteiger partial charge in [0, 0.05) is 16.6 Å². The Bertz CT molecular complexity index is 1150. The lowest BCUT2D eigenvalue weighted by Crippen LogP contribution is -2.45. The predicted octanol–water partition coefficient (Wildman–Crippen LogP) is 4.90. The second-order valence-corrected chi connectivity index (χ2v) is 8.38. The summed E-state index contributed by atoms with van der Waals surface area (Å²) in [4.78, 5) is 42.0. The van der Waals surface area contributed by atoms with E-state index in [0.717, 1.165) is 10.5 Å². The fraction of sp³-hybridized carbons (Fsp3) is 0.160. The molecular formula is C25H20Cl2N2O3. The van der Waals surface area contributed by atoms with Crippen molar-refractivity contribution in [2.75, 3.05) is 4.90 Å². The minimum Gasteiger partial charge on any atom is -0.325 e. The van der Waals surface area contributed by atoms with Crippen molar-refractivity contribution in [1.82, 2.24) is 4.90 Å². The van der Waals surface area contributed by atoms with Gasteiger partial charge < -0.3 is 4.90 Å². The fourth-order valence-corrected chi connectivity index (χ4v) is 4.10. The zero-order valence-corrected chi connectivity index (χ0v) is 18.6. The number of hydrogen-bond donors (Lipinski definition) is 0. The number of halogens is 2. The number of carbonyl (C=O) groups is 3. The molecule has 1 unspecified atom stereocenters.